The topological polar surface area (TPSA) is 66.0 Å². The molecule has 2 spiro atoms. The fourth-order valence-electron chi connectivity index (χ4n) is 8.29. The molecule has 8 heterocycles. The average molecular weight is 589 g/mol. The lowest BCUT2D eigenvalue weighted by molar-refractivity contribution is -0.260. The van der Waals surface area contributed by atoms with Gasteiger partial charge in [0.05, 0.1) is 24.9 Å². The summed E-state index contributed by atoms with van der Waals surface area (Å²) in [4.78, 5) is 15.3. The Kier molecular flexibility index (Phi) is 6.10. The van der Waals surface area contributed by atoms with Crippen LogP contribution in [0, 0.1) is 6.92 Å². The minimum absolute atomic E-state index is 0.00447. The van der Waals surface area contributed by atoms with Gasteiger partial charge in [-0.2, -0.15) is 0 Å². The Morgan fingerprint density at radius 1 is 1.05 bits per heavy atom. The average Bonchev–Trinajstić information content (AvgIpc) is 3.20. The highest BCUT2D eigenvalue weighted by Gasteiger charge is 2.60. The molecule has 0 unspecified atom stereocenters. The first-order chi connectivity index (χ1) is 20.2. The van der Waals surface area contributed by atoms with E-state index in [-0.39, 0.29) is 18.0 Å². The lowest BCUT2D eigenvalue weighted by Crippen LogP contribution is -2.69. The number of pyridine rings is 2. The van der Waals surface area contributed by atoms with Gasteiger partial charge in [0.2, 0.25) is 0 Å². The van der Waals surface area contributed by atoms with Crippen molar-refractivity contribution in [2.24, 2.45) is 0 Å². The van der Waals surface area contributed by atoms with Crippen molar-refractivity contribution in [2.45, 2.75) is 68.2 Å². The molecule has 226 valence electrons. The van der Waals surface area contributed by atoms with Crippen molar-refractivity contribution in [2.75, 3.05) is 68.8 Å². The van der Waals surface area contributed by atoms with Gasteiger partial charge in [0.25, 0.3) is 12.3 Å². The molecule has 0 amide bonds. The van der Waals surface area contributed by atoms with E-state index >= 15 is 8.78 Å². The summed E-state index contributed by atoms with van der Waals surface area (Å²) in [7, 11) is 0. The molecule has 6 aliphatic rings. The normalized spacial score (nSPS) is 29.1. The van der Waals surface area contributed by atoms with Gasteiger partial charge in [-0.05, 0) is 31.4 Å². The molecule has 12 heteroatoms. The second-order valence-corrected chi connectivity index (χ2v) is 12.9. The number of piperidine rings is 1. The molecule has 2 aromatic heterocycles. The molecule has 2 aromatic rings. The molecule has 4 saturated heterocycles. The maximum atomic E-state index is 15.3. The summed E-state index contributed by atoms with van der Waals surface area (Å²) in [6.45, 7) is 7.94. The highest BCUT2D eigenvalue weighted by atomic mass is 19.3. The van der Waals surface area contributed by atoms with E-state index in [1.807, 2.05) is 22.1 Å². The summed E-state index contributed by atoms with van der Waals surface area (Å²) in [6.07, 6.45) is -0.878. The van der Waals surface area contributed by atoms with E-state index in [1.54, 1.807) is 6.07 Å². The number of hydrogen-bond acceptors (Lipinski definition) is 8. The van der Waals surface area contributed by atoms with Gasteiger partial charge in [0, 0.05) is 93.8 Å². The Labute approximate surface area is 242 Å². The third-order valence-electron chi connectivity index (χ3n) is 10.4. The molecule has 1 N–H and O–H groups in total. The van der Waals surface area contributed by atoms with Crippen molar-refractivity contribution in [3.05, 3.63) is 46.4 Å². The summed E-state index contributed by atoms with van der Waals surface area (Å²) in [5.41, 5.74) is 2.15. The molecular weight excluding hydrogens is 552 g/mol. The van der Waals surface area contributed by atoms with Crippen LogP contribution in [0.3, 0.4) is 0 Å². The van der Waals surface area contributed by atoms with Gasteiger partial charge in [-0.3, -0.25) is 9.88 Å². The lowest BCUT2D eigenvalue weighted by atomic mass is 9.81. The first-order valence-electron chi connectivity index (χ1n) is 15.1. The van der Waals surface area contributed by atoms with E-state index in [1.165, 1.54) is 0 Å². The van der Waals surface area contributed by atoms with Crippen molar-refractivity contribution in [3.63, 3.8) is 0 Å². The van der Waals surface area contributed by atoms with Crippen molar-refractivity contribution in [3.8, 4) is 0 Å². The molecule has 0 aromatic carbocycles. The van der Waals surface area contributed by atoms with Crippen molar-refractivity contribution in [1.82, 2.24) is 20.2 Å². The predicted molar refractivity (Wildman–Crippen MR) is 148 cm³/mol. The summed E-state index contributed by atoms with van der Waals surface area (Å²) in [5.74, 6) is -2.65. The molecule has 8 rings (SSSR count). The molecule has 6 aliphatic heterocycles. The zero-order valence-corrected chi connectivity index (χ0v) is 23.7. The van der Waals surface area contributed by atoms with Crippen LogP contribution in [-0.4, -0.2) is 91.9 Å². The largest absolute Gasteiger partial charge is 0.374 e. The zero-order chi connectivity index (χ0) is 28.9. The molecule has 0 bridgehead atoms. The maximum Gasteiger partial charge on any atom is 0.280 e. The number of halogens is 4. The fourth-order valence-corrected chi connectivity index (χ4v) is 8.29. The number of aromatic nitrogens is 2. The van der Waals surface area contributed by atoms with Gasteiger partial charge < -0.3 is 24.6 Å². The molecule has 0 radical (unpaired) electrons. The van der Waals surface area contributed by atoms with Crippen molar-refractivity contribution in [1.29, 1.82) is 0 Å². The third kappa shape index (κ3) is 4.01. The molecule has 0 saturated carbocycles. The van der Waals surface area contributed by atoms with Crippen LogP contribution in [0.2, 0.25) is 0 Å². The number of alkyl halides is 4. The van der Waals surface area contributed by atoms with E-state index in [9.17, 15) is 8.78 Å². The summed E-state index contributed by atoms with van der Waals surface area (Å²) in [5, 5.41) is 3.32. The Morgan fingerprint density at radius 2 is 1.81 bits per heavy atom. The van der Waals surface area contributed by atoms with Crippen molar-refractivity contribution >= 4 is 11.5 Å². The Morgan fingerprint density at radius 3 is 2.50 bits per heavy atom. The minimum Gasteiger partial charge on any atom is -0.374 e. The number of anilines is 2. The second kappa shape index (κ2) is 9.48. The van der Waals surface area contributed by atoms with E-state index in [2.05, 4.69) is 22.1 Å². The Hall–Kier alpha value is -2.54. The lowest BCUT2D eigenvalue weighted by Gasteiger charge is -2.54. The van der Waals surface area contributed by atoms with Crippen LogP contribution in [0.25, 0.3) is 0 Å². The van der Waals surface area contributed by atoms with Crippen LogP contribution >= 0.6 is 0 Å². The molecule has 8 nitrogen and oxygen atoms in total. The van der Waals surface area contributed by atoms with Crippen LogP contribution in [0.4, 0.5) is 29.1 Å². The van der Waals surface area contributed by atoms with E-state index in [0.717, 1.165) is 43.0 Å². The van der Waals surface area contributed by atoms with Crippen LogP contribution in [-0.2, 0) is 27.1 Å². The fraction of sp³-hybridized carbons (Fsp3) is 0.667. The van der Waals surface area contributed by atoms with Gasteiger partial charge >= 0.3 is 0 Å². The monoisotopic (exact) mass is 588 g/mol. The van der Waals surface area contributed by atoms with Crippen LogP contribution in [0.1, 0.15) is 53.8 Å². The number of fused-ring (bicyclic) bond motifs is 6. The third-order valence-corrected chi connectivity index (χ3v) is 10.4. The number of nitrogens with one attached hydrogen (secondary N) is 1. The number of rotatable bonds is 3. The molecule has 42 heavy (non-hydrogen) atoms. The van der Waals surface area contributed by atoms with E-state index in [0.29, 0.717) is 57.2 Å². The summed E-state index contributed by atoms with van der Waals surface area (Å²) < 4.78 is 71.9. The highest BCUT2D eigenvalue weighted by Crippen LogP contribution is 2.55. The van der Waals surface area contributed by atoms with Gasteiger partial charge in [0.15, 0.2) is 5.60 Å². The molecule has 2 atom stereocenters. The van der Waals surface area contributed by atoms with E-state index < -0.39 is 41.7 Å². The van der Waals surface area contributed by atoms with E-state index in [4.69, 9.17) is 14.5 Å². The van der Waals surface area contributed by atoms with Gasteiger partial charge in [-0.1, -0.05) is 0 Å². The second-order valence-electron chi connectivity index (χ2n) is 12.9. The number of aryl methyl sites for hydroxylation is 1. The number of nitrogens with zero attached hydrogens (tertiary/aromatic N) is 5. The SMILES string of the molecule is Cc1ccnc2c1C1(CCN(c3cc4c(c(C(F)F)n3)CC(F)(F)C[C@H]3[C@H](N5CCNCC5)CN43)CC1)OC21COC1. The molecule has 0 aliphatic carbocycles. The van der Waals surface area contributed by atoms with Crippen LogP contribution in [0.5, 0.6) is 0 Å². The number of piperazine rings is 1. The van der Waals surface area contributed by atoms with Crippen molar-refractivity contribution < 1.29 is 27.0 Å². The standard InChI is InChI=1S/C30H36F4N6O2/c1-18-2-5-36-26-24(18)28(42-29(26)16-41-17-29)3-8-39(9-4-28)23-12-20-19(25(37-23)27(31)32)13-30(33,34)14-21-22(15-40(20)21)38-10-6-35-7-11-38/h2,5,12,21-22,27,35H,3-4,6-11,13-17H2,1H3/t21-,22+/m0/s1. The smallest absolute Gasteiger partial charge is 0.280 e. The number of ether oxygens (including phenoxy) is 2. The molecular formula is C30H36F4N6O2. The Balaban J connectivity index is 1.11. The summed E-state index contributed by atoms with van der Waals surface area (Å²) >= 11 is 0. The number of hydrogen-bond donors (Lipinski definition) is 1. The quantitative estimate of drug-likeness (QED) is 0.547. The zero-order valence-electron chi connectivity index (χ0n) is 23.7. The first kappa shape index (κ1) is 27.0. The summed E-state index contributed by atoms with van der Waals surface area (Å²) in [6, 6.07) is 3.37. The van der Waals surface area contributed by atoms with Crippen LogP contribution < -0.4 is 15.1 Å². The predicted octanol–water partition coefficient (Wildman–Crippen LogP) is 3.52. The Bertz CT molecular complexity index is 1390. The maximum absolute atomic E-state index is 15.3. The van der Waals surface area contributed by atoms with Gasteiger partial charge in [-0.15, -0.1) is 0 Å². The van der Waals surface area contributed by atoms with Gasteiger partial charge in [-0.25, -0.2) is 22.5 Å². The first-order valence-corrected chi connectivity index (χ1v) is 15.1. The van der Waals surface area contributed by atoms with Gasteiger partial charge in [0.1, 0.15) is 17.1 Å². The molecule has 4 fully saturated rings. The van der Waals surface area contributed by atoms with Crippen LogP contribution in [0.15, 0.2) is 18.3 Å². The minimum atomic E-state index is -3.08. The highest BCUT2D eigenvalue weighted by molar-refractivity contribution is 5.66.